The normalized spacial score (nSPS) is 13.4. The summed E-state index contributed by atoms with van der Waals surface area (Å²) in [7, 11) is 0. The molecule has 0 saturated carbocycles. The van der Waals surface area contributed by atoms with Crippen molar-refractivity contribution in [2.75, 3.05) is 6.54 Å². The molecule has 0 aliphatic carbocycles. The minimum atomic E-state index is -0.203. The van der Waals surface area contributed by atoms with Crippen LogP contribution in [0.1, 0.15) is 50.8 Å². The number of aromatic nitrogens is 1. The van der Waals surface area contributed by atoms with Crippen molar-refractivity contribution < 1.29 is 9.32 Å². The molecule has 0 aromatic carbocycles. The number of rotatable bonds is 4. The van der Waals surface area contributed by atoms with E-state index in [0.29, 0.717) is 0 Å². The molecule has 18 heavy (non-hydrogen) atoms. The zero-order valence-electron chi connectivity index (χ0n) is 12.0. The predicted octanol–water partition coefficient (Wildman–Crippen LogP) is 1.86. The smallest absolute Gasteiger partial charge is 0.234 e. The van der Waals surface area contributed by atoms with Gasteiger partial charge in [-0.2, -0.15) is 0 Å². The van der Waals surface area contributed by atoms with Gasteiger partial charge < -0.3 is 15.2 Å². The minimum absolute atomic E-state index is 0.0129. The molecule has 0 aliphatic heterocycles. The van der Waals surface area contributed by atoms with Crippen molar-refractivity contribution in [3.8, 4) is 0 Å². The average molecular weight is 253 g/mol. The van der Waals surface area contributed by atoms with Crippen LogP contribution < -0.4 is 10.6 Å². The van der Waals surface area contributed by atoms with E-state index in [1.807, 2.05) is 41.5 Å². The quantitative estimate of drug-likeness (QED) is 0.859. The molecule has 5 nitrogen and oxygen atoms in total. The van der Waals surface area contributed by atoms with Gasteiger partial charge in [-0.3, -0.25) is 4.79 Å². The standard InChI is InChI=1S/C13H23N3O2/c1-8(12-9(2)16-18-10(12)3)14-7-11(17)15-13(4,5)6/h8,14H,7H2,1-6H3,(H,15,17). The lowest BCUT2D eigenvalue weighted by molar-refractivity contribution is -0.121. The van der Waals surface area contributed by atoms with E-state index in [0.717, 1.165) is 17.0 Å². The Hall–Kier alpha value is -1.36. The first-order chi connectivity index (χ1) is 8.20. The van der Waals surface area contributed by atoms with Crippen molar-refractivity contribution in [1.29, 1.82) is 0 Å². The highest BCUT2D eigenvalue weighted by molar-refractivity contribution is 5.78. The van der Waals surface area contributed by atoms with Crippen LogP contribution in [0.5, 0.6) is 0 Å². The van der Waals surface area contributed by atoms with Crippen molar-refractivity contribution in [3.63, 3.8) is 0 Å². The SMILES string of the molecule is Cc1noc(C)c1C(C)NCC(=O)NC(C)(C)C. The average Bonchev–Trinajstić information content (AvgIpc) is 2.53. The summed E-state index contributed by atoms with van der Waals surface area (Å²) in [6, 6.07) is 0.0435. The fraction of sp³-hybridized carbons (Fsp3) is 0.692. The van der Waals surface area contributed by atoms with Gasteiger partial charge in [0.25, 0.3) is 0 Å². The van der Waals surface area contributed by atoms with Crippen LogP contribution in [0, 0.1) is 13.8 Å². The number of hydrogen-bond acceptors (Lipinski definition) is 4. The van der Waals surface area contributed by atoms with E-state index < -0.39 is 0 Å². The number of nitrogens with one attached hydrogen (secondary N) is 2. The van der Waals surface area contributed by atoms with Gasteiger partial charge in [0, 0.05) is 17.1 Å². The summed E-state index contributed by atoms with van der Waals surface area (Å²) in [6.07, 6.45) is 0. The molecule has 0 saturated heterocycles. The summed E-state index contributed by atoms with van der Waals surface area (Å²) in [5.74, 6) is 0.782. The second kappa shape index (κ2) is 5.52. The lowest BCUT2D eigenvalue weighted by Gasteiger charge is -2.21. The maximum atomic E-state index is 11.7. The maximum Gasteiger partial charge on any atom is 0.234 e. The van der Waals surface area contributed by atoms with Gasteiger partial charge >= 0.3 is 0 Å². The van der Waals surface area contributed by atoms with Gasteiger partial charge in [0.1, 0.15) is 5.76 Å². The van der Waals surface area contributed by atoms with E-state index in [1.54, 1.807) is 0 Å². The maximum absolute atomic E-state index is 11.7. The van der Waals surface area contributed by atoms with Crippen LogP contribution in [0.2, 0.25) is 0 Å². The molecule has 0 radical (unpaired) electrons. The number of amides is 1. The van der Waals surface area contributed by atoms with Crippen LogP contribution >= 0.6 is 0 Å². The highest BCUT2D eigenvalue weighted by atomic mass is 16.5. The molecule has 5 heteroatoms. The monoisotopic (exact) mass is 253 g/mol. The molecule has 0 bridgehead atoms. The molecule has 1 atom stereocenters. The number of carbonyl (C=O) groups excluding carboxylic acids is 1. The van der Waals surface area contributed by atoms with Gasteiger partial charge in [-0.25, -0.2) is 0 Å². The second-order valence-corrected chi connectivity index (χ2v) is 5.64. The largest absolute Gasteiger partial charge is 0.361 e. The molecule has 1 aromatic rings. The first-order valence-electron chi connectivity index (χ1n) is 6.18. The second-order valence-electron chi connectivity index (χ2n) is 5.64. The van der Waals surface area contributed by atoms with Crippen molar-refractivity contribution in [2.24, 2.45) is 0 Å². The summed E-state index contributed by atoms with van der Waals surface area (Å²) < 4.78 is 5.11. The van der Waals surface area contributed by atoms with Gasteiger partial charge in [-0.15, -0.1) is 0 Å². The molecule has 1 aromatic heterocycles. The molecule has 1 rings (SSSR count). The van der Waals surface area contributed by atoms with E-state index in [1.165, 1.54) is 0 Å². The molecule has 1 heterocycles. The first-order valence-corrected chi connectivity index (χ1v) is 6.18. The minimum Gasteiger partial charge on any atom is -0.361 e. The van der Waals surface area contributed by atoms with Gasteiger partial charge in [0.05, 0.1) is 12.2 Å². The third kappa shape index (κ3) is 4.14. The van der Waals surface area contributed by atoms with Crippen molar-refractivity contribution in [1.82, 2.24) is 15.8 Å². The van der Waals surface area contributed by atoms with Gasteiger partial charge in [0.2, 0.25) is 5.91 Å². The highest BCUT2D eigenvalue weighted by Gasteiger charge is 2.18. The Morgan fingerprint density at radius 3 is 2.44 bits per heavy atom. The van der Waals surface area contributed by atoms with Crippen LogP contribution in [0.25, 0.3) is 0 Å². The van der Waals surface area contributed by atoms with E-state index in [9.17, 15) is 4.79 Å². The number of hydrogen-bond donors (Lipinski definition) is 2. The van der Waals surface area contributed by atoms with Crippen LogP contribution in [-0.2, 0) is 4.79 Å². The van der Waals surface area contributed by atoms with Gasteiger partial charge in [0.15, 0.2) is 0 Å². The number of nitrogens with zero attached hydrogens (tertiary/aromatic N) is 1. The summed E-state index contributed by atoms with van der Waals surface area (Å²) in [5, 5.41) is 9.99. The third-order valence-electron chi connectivity index (χ3n) is 2.60. The molecule has 0 aliphatic rings. The molecule has 2 N–H and O–H groups in total. The van der Waals surface area contributed by atoms with E-state index in [2.05, 4.69) is 15.8 Å². The Morgan fingerprint density at radius 1 is 1.39 bits per heavy atom. The Labute approximate surface area is 108 Å². The van der Waals surface area contributed by atoms with Crippen molar-refractivity contribution in [2.45, 2.75) is 53.1 Å². The molecule has 0 spiro atoms. The first kappa shape index (κ1) is 14.7. The summed E-state index contributed by atoms with van der Waals surface area (Å²) in [4.78, 5) is 11.7. The van der Waals surface area contributed by atoms with Gasteiger partial charge in [-0.1, -0.05) is 5.16 Å². The van der Waals surface area contributed by atoms with Crippen LogP contribution in [0.3, 0.4) is 0 Å². The van der Waals surface area contributed by atoms with Crippen LogP contribution in [0.4, 0.5) is 0 Å². The molecule has 1 unspecified atom stereocenters. The summed E-state index contributed by atoms with van der Waals surface area (Å²) >= 11 is 0. The van der Waals surface area contributed by atoms with Gasteiger partial charge in [-0.05, 0) is 41.5 Å². The fourth-order valence-corrected chi connectivity index (χ4v) is 1.92. The summed E-state index contributed by atoms with van der Waals surface area (Å²) in [5.41, 5.74) is 1.69. The zero-order valence-corrected chi connectivity index (χ0v) is 12.0. The summed E-state index contributed by atoms with van der Waals surface area (Å²) in [6.45, 7) is 11.9. The van der Waals surface area contributed by atoms with Crippen molar-refractivity contribution >= 4 is 5.91 Å². The lowest BCUT2D eigenvalue weighted by Crippen LogP contribution is -2.45. The fourth-order valence-electron chi connectivity index (χ4n) is 1.92. The molecule has 1 amide bonds. The molecular formula is C13H23N3O2. The van der Waals surface area contributed by atoms with Crippen LogP contribution in [0.15, 0.2) is 4.52 Å². The number of aryl methyl sites for hydroxylation is 2. The topological polar surface area (TPSA) is 67.2 Å². The van der Waals surface area contributed by atoms with E-state index in [4.69, 9.17) is 4.52 Å². The van der Waals surface area contributed by atoms with E-state index >= 15 is 0 Å². The molecule has 0 fully saturated rings. The predicted molar refractivity (Wildman–Crippen MR) is 70.3 cm³/mol. The Morgan fingerprint density at radius 2 is 2.00 bits per heavy atom. The molecular weight excluding hydrogens is 230 g/mol. The van der Waals surface area contributed by atoms with Crippen LogP contribution in [-0.4, -0.2) is 23.1 Å². The Bertz CT molecular complexity index is 399. The zero-order chi connectivity index (χ0) is 13.9. The lowest BCUT2D eigenvalue weighted by atomic mass is 10.1. The Kier molecular flexibility index (Phi) is 4.51. The highest BCUT2D eigenvalue weighted by Crippen LogP contribution is 2.20. The number of carbonyl (C=O) groups is 1. The molecule has 102 valence electrons. The van der Waals surface area contributed by atoms with E-state index in [-0.39, 0.29) is 24.0 Å². The van der Waals surface area contributed by atoms with Crippen molar-refractivity contribution in [3.05, 3.63) is 17.0 Å². The Balaban J connectivity index is 2.52. The third-order valence-corrected chi connectivity index (χ3v) is 2.60.